The number of carbonyl (C=O) groups is 1. The highest BCUT2D eigenvalue weighted by atomic mass is 32.2. The second-order valence-electron chi connectivity index (χ2n) is 10.4. The zero-order chi connectivity index (χ0) is 29.5. The summed E-state index contributed by atoms with van der Waals surface area (Å²) in [6.07, 6.45) is 1.64. The molecule has 41 heavy (non-hydrogen) atoms. The van der Waals surface area contributed by atoms with Gasteiger partial charge in [0.25, 0.3) is 5.91 Å². The molecule has 0 atom stereocenters. The summed E-state index contributed by atoms with van der Waals surface area (Å²) in [5.74, 6) is -0.612. The van der Waals surface area contributed by atoms with Crippen LogP contribution in [0.2, 0.25) is 0 Å². The van der Waals surface area contributed by atoms with Crippen molar-refractivity contribution in [3.05, 3.63) is 83.7 Å². The van der Waals surface area contributed by atoms with Gasteiger partial charge >= 0.3 is 0 Å². The van der Waals surface area contributed by atoms with Crippen LogP contribution in [0.4, 0.5) is 4.39 Å². The van der Waals surface area contributed by atoms with Crippen molar-refractivity contribution in [3.8, 4) is 16.9 Å². The number of hydrogen-bond acceptors (Lipinski definition) is 7. The van der Waals surface area contributed by atoms with E-state index in [1.807, 2.05) is 29.2 Å². The van der Waals surface area contributed by atoms with E-state index in [0.717, 1.165) is 29.5 Å². The largest absolute Gasteiger partial charge is 0.494 e. The summed E-state index contributed by atoms with van der Waals surface area (Å²) in [5, 5.41) is 9.38. The number of amides is 1. The standard InChI is InChI=1S/C31H37FN2O6S/c1-23-21-26(8-13-29(23)32)25-7-3-5-24(22-25)6-4-19-40-27-9-11-28(12-10-27)41(37,38)31(30(35)33-36)14-16-34(17-15-31)18-20-39-2/h3,5,7-13,21-22,36H,4,6,14-20H2,1-2H3,(H,33,35). The molecule has 0 unspecified atom stereocenters. The lowest BCUT2D eigenvalue weighted by Crippen LogP contribution is -2.57. The summed E-state index contributed by atoms with van der Waals surface area (Å²) in [6.45, 7) is 4.11. The molecule has 4 rings (SSSR count). The maximum Gasteiger partial charge on any atom is 0.265 e. The predicted octanol–water partition coefficient (Wildman–Crippen LogP) is 4.57. The van der Waals surface area contributed by atoms with Gasteiger partial charge in [0, 0.05) is 26.7 Å². The van der Waals surface area contributed by atoms with E-state index < -0.39 is 20.5 Å². The fraction of sp³-hybridized carbons (Fsp3) is 0.387. The van der Waals surface area contributed by atoms with E-state index >= 15 is 0 Å². The Labute approximate surface area is 241 Å². The highest BCUT2D eigenvalue weighted by Crippen LogP contribution is 2.36. The molecular formula is C31H37FN2O6S. The highest BCUT2D eigenvalue weighted by molar-refractivity contribution is 7.93. The summed E-state index contributed by atoms with van der Waals surface area (Å²) in [4.78, 5) is 14.7. The number of rotatable bonds is 12. The molecule has 3 aromatic carbocycles. The van der Waals surface area contributed by atoms with Gasteiger partial charge in [0.05, 0.1) is 18.1 Å². The first-order valence-corrected chi connectivity index (χ1v) is 15.2. The molecular weight excluding hydrogens is 547 g/mol. The Morgan fingerprint density at radius 2 is 1.73 bits per heavy atom. The molecule has 1 fully saturated rings. The number of nitrogens with zero attached hydrogens (tertiary/aromatic N) is 1. The monoisotopic (exact) mass is 584 g/mol. The fourth-order valence-corrected chi connectivity index (χ4v) is 7.17. The molecule has 8 nitrogen and oxygen atoms in total. The van der Waals surface area contributed by atoms with Gasteiger partial charge in [-0.2, -0.15) is 0 Å². The van der Waals surface area contributed by atoms with E-state index in [0.29, 0.717) is 44.2 Å². The van der Waals surface area contributed by atoms with Crippen LogP contribution in [0.1, 0.15) is 30.4 Å². The fourth-order valence-electron chi connectivity index (χ4n) is 5.22. The molecule has 1 aliphatic heterocycles. The van der Waals surface area contributed by atoms with Gasteiger partial charge < -0.3 is 14.4 Å². The number of hydroxylamine groups is 1. The van der Waals surface area contributed by atoms with Gasteiger partial charge in [-0.25, -0.2) is 18.3 Å². The van der Waals surface area contributed by atoms with E-state index in [2.05, 4.69) is 6.07 Å². The number of aryl methyl sites for hydroxylation is 2. The van der Waals surface area contributed by atoms with Crippen LogP contribution in [0.3, 0.4) is 0 Å². The van der Waals surface area contributed by atoms with Crippen LogP contribution in [0.5, 0.6) is 5.75 Å². The number of methoxy groups -OCH3 is 1. The summed E-state index contributed by atoms with van der Waals surface area (Å²) in [5.41, 5.74) is 5.32. The van der Waals surface area contributed by atoms with E-state index in [9.17, 15) is 22.8 Å². The molecule has 0 aliphatic carbocycles. The van der Waals surface area contributed by atoms with Gasteiger partial charge in [-0.1, -0.05) is 30.3 Å². The maximum absolute atomic E-state index is 13.6. The summed E-state index contributed by atoms with van der Waals surface area (Å²) < 4.78 is 50.1. The van der Waals surface area contributed by atoms with Crippen molar-refractivity contribution in [2.24, 2.45) is 0 Å². The molecule has 2 N–H and O–H groups in total. The number of ether oxygens (including phenoxy) is 2. The number of nitrogens with one attached hydrogen (secondary N) is 1. The number of benzene rings is 3. The Hall–Kier alpha value is -3.31. The first-order valence-electron chi connectivity index (χ1n) is 13.7. The van der Waals surface area contributed by atoms with Crippen LogP contribution in [0.15, 0.2) is 71.6 Å². The molecule has 0 radical (unpaired) electrons. The topological polar surface area (TPSA) is 105 Å². The highest BCUT2D eigenvalue weighted by Gasteiger charge is 2.52. The lowest BCUT2D eigenvalue weighted by Gasteiger charge is -2.39. The maximum atomic E-state index is 13.6. The minimum Gasteiger partial charge on any atom is -0.494 e. The van der Waals surface area contributed by atoms with E-state index in [-0.39, 0.29) is 23.6 Å². The third kappa shape index (κ3) is 6.95. The molecule has 220 valence electrons. The molecule has 0 saturated carbocycles. The number of halogens is 1. The molecule has 1 heterocycles. The molecule has 1 saturated heterocycles. The van der Waals surface area contributed by atoms with E-state index in [1.165, 1.54) is 18.2 Å². The number of likely N-dealkylation sites (tertiary alicyclic amines) is 1. The van der Waals surface area contributed by atoms with Crippen LogP contribution in [-0.2, 0) is 25.8 Å². The van der Waals surface area contributed by atoms with Crippen molar-refractivity contribution in [1.82, 2.24) is 10.4 Å². The van der Waals surface area contributed by atoms with Crippen LogP contribution in [0.25, 0.3) is 11.1 Å². The van der Waals surface area contributed by atoms with Crippen molar-refractivity contribution in [3.63, 3.8) is 0 Å². The number of hydrogen-bond donors (Lipinski definition) is 2. The number of piperidine rings is 1. The molecule has 1 aliphatic rings. The molecule has 3 aromatic rings. The lowest BCUT2D eigenvalue weighted by molar-refractivity contribution is -0.133. The Balaban J connectivity index is 1.35. The van der Waals surface area contributed by atoms with Gasteiger partial charge in [-0.05, 0) is 91.3 Å². The van der Waals surface area contributed by atoms with Gasteiger partial charge in [-0.3, -0.25) is 10.0 Å². The second-order valence-corrected chi connectivity index (χ2v) is 12.6. The first kappa shape index (κ1) is 30.6. The number of sulfone groups is 1. The average Bonchev–Trinajstić information content (AvgIpc) is 2.99. The third-order valence-corrected chi connectivity index (χ3v) is 10.3. The van der Waals surface area contributed by atoms with Crippen LogP contribution in [0, 0.1) is 12.7 Å². The van der Waals surface area contributed by atoms with Gasteiger partial charge in [0.1, 0.15) is 11.6 Å². The number of carbonyl (C=O) groups excluding carboxylic acids is 1. The van der Waals surface area contributed by atoms with Crippen molar-refractivity contribution in [1.29, 1.82) is 0 Å². The zero-order valence-corrected chi connectivity index (χ0v) is 24.3. The zero-order valence-electron chi connectivity index (χ0n) is 23.4. The molecule has 1 amide bonds. The molecule has 0 aromatic heterocycles. The third-order valence-electron chi connectivity index (χ3n) is 7.74. The Kier molecular flexibility index (Phi) is 10.1. The second kappa shape index (κ2) is 13.6. The summed E-state index contributed by atoms with van der Waals surface area (Å²) in [7, 11) is -2.50. The normalized spacial score (nSPS) is 15.4. The Bertz CT molecular complexity index is 1440. The molecule has 0 bridgehead atoms. The van der Waals surface area contributed by atoms with E-state index in [1.54, 1.807) is 37.7 Å². The quantitative estimate of drug-likeness (QED) is 0.183. The van der Waals surface area contributed by atoms with Crippen molar-refractivity contribution >= 4 is 15.7 Å². The van der Waals surface area contributed by atoms with E-state index in [4.69, 9.17) is 9.47 Å². The van der Waals surface area contributed by atoms with Gasteiger partial charge in [-0.15, -0.1) is 0 Å². The molecule has 10 heteroatoms. The van der Waals surface area contributed by atoms with Crippen molar-refractivity contribution in [2.75, 3.05) is 40.0 Å². The van der Waals surface area contributed by atoms with Crippen LogP contribution in [-0.4, -0.2) is 69.1 Å². The predicted molar refractivity (Wildman–Crippen MR) is 154 cm³/mol. The average molecular weight is 585 g/mol. The van der Waals surface area contributed by atoms with Crippen molar-refractivity contribution in [2.45, 2.75) is 42.2 Å². The van der Waals surface area contributed by atoms with Gasteiger partial charge in [0.2, 0.25) is 0 Å². The van der Waals surface area contributed by atoms with Crippen LogP contribution >= 0.6 is 0 Å². The first-order chi connectivity index (χ1) is 19.7. The summed E-state index contributed by atoms with van der Waals surface area (Å²) in [6, 6.07) is 19.3. The van der Waals surface area contributed by atoms with Gasteiger partial charge in [0.15, 0.2) is 14.6 Å². The SMILES string of the molecule is COCCN1CCC(C(=O)NO)(S(=O)(=O)c2ccc(OCCCc3cccc(-c4ccc(F)c(C)c4)c3)cc2)CC1. The lowest BCUT2D eigenvalue weighted by atomic mass is 9.95. The minimum absolute atomic E-state index is 0.00614. The Morgan fingerprint density at radius 1 is 1.02 bits per heavy atom. The van der Waals surface area contributed by atoms with Crippen LogP contribution < -0.4 is 10.2 Å². The summed E-state index contributed by atoms with van der Waals surface area (Å²) >= 11 is 0. The molecule has 0 spiro atoms. The Morgan fingerprint density at radius 3 is 2.39 bits per heavy atom. The minimum atomic E-state index is -4.10. The van der Waals surface area contributed by atoms with Crippen molar-refractivity contribution < 1.29 is 32.3 Å². The smallest absolute Gasteiger partial charge is 0.265 e.